The molecule has 3 N–H and O–H groups in total. The molecule has 0 saturated carbocycles. The van der Waals surface area contributed by atoms with E-state index in [0.29, 0.717) is 15.6 Å². The predicted octanol–water partition coefficient (Wildman–Crippen LogP) is 1.07. The third kappa shape index (κ3) is 4.60. The van der Waals surface area contributed by atoms with Gasteiger partial charge in [-0.15, -0.1) is 0 Å². The van der Waals surface area contributed by atoms with E-state index in [-0.39, 0.29) is 13.0 Å². The van der Waals surface area contributed by atoms with Crippen molar-refractivity contribution in [3.63, 3.8) is 0 Å². The van der Waals surface area contributed by atoms with Crippen LogP contribution >= 0.6 is 23.2 Å². The van der Waals surface area contributed by atoms with Crippen LogP contribution in [0.15, 0.2) is 18.2 Å². The van der Waals surface area contributed by atoms with Crippen molar-refractivity contribution in [1.29, 1.82) is 0 Å². The van der Waals surface area contributed by atoms with Crippen LogP contribution in [0, 0.1) is 0 Å². The number of hydrogen-bond acceptors (Lipinski definition) is 3. The van der Waals surface area contributed by atoms with Crippen molar-refractivity contribution in [3.8, 4) is 0 Å². The van der Waals surface area contributed by atoms with Crippen LogP contribution in [0.5, 0.6) is 0 Å². The fourth-order valence-electron chi connectivity index (χ4n) is 1.09. The van der Waals surface area contributed by atoms with Crippen LogP contribution in [-0.4, -0.2) is 18.4 Å². The Morgan fingerprint density at radius 3 is 2.41 bits per heavy atom. The Hall–Kier alpha value is -1.30. The van der Waals surface area contributed by atoms with Gasteiger partial charge in [0.25, 0.3) is 0 Å². The third-order valence-electron chi connectivity index (χ3n) is 1.80. The summed E-state index contributed by atoms with van der Waals surface area (Å²) < 4.78 is 0. The van der Waals surface area contributed by atoms with E-state index in [9.17, 15) is 9.59 Å². The highest BCUT2D eigenvalue weighted by Gasteiger charge is 2.10. The largest absolute Gasteiger partial charge is 0.368 e. The number of primary amides is 1. The van der Waals surface area contributed by atoms with Gasteiger partial charge in [-0.2, -0.15) is 0 Å². The van der Waals surface area contributed by atoms with Gasteiger partial charge in [-0.25, -0.2) is 5.48 Å². The van der Waals surface area contributed by atoms with E-state index in [1.54, 1.807) is 18.2 Å². The molecular weight excluding hydrogens is 267 g/mol. The molecule has 0 heterocycles. The Bertz CT molecular complexity index is 417. The molecule has 0 fully saturated rings. The van der Waals surface area contributed by atoms with Crippen molar-refractivity contribution in [3.05, 3.63) is 33.8 Å². The zero-order valence-corrected chi connectivity index (χ0v) is 10.2. The van der Waals surface area contributed by atoms with Crippen LogP contribution in [0.2, 0.25) is 10.0 Å². The van der Waals surface area contributed by atoms with Gasteiger partial charge in [0.05, 0.1) is 6.42 Å². The molecule has 0 unspecified atom stereocenters. The van der Waals surface area contributed by atoms with E-state index in [1.165, 1.54) is 0 Å². The molecule has 0 spiro atoms. The van der Waals surface area contributed by atoms with Crippen molar-refractivity contribution < 1.29 is 14.4 Å². The lowest BCUT2D eigenvalue weighted by Gasteiger charge is -2.07. The maximum absolute atomic E-state index is 11.4. The molecule has 0 aliphatic rings. The SMILES string of the molecule is NC(=O)CONC(=O)Cc1c(Cl)cccc1Cl. The Morgan fingerprint density at radius 2 is 1.88 bits per heavy atom. The Kier molecular flexibility index (Phi) is 5.21. The predicted molar refractivity (Wildman–Crippen MR) is 63.5 cm³/mol. The first kappa shape index (κ1) is 13.8. The Labute approximate surface area is 108 Å². The van der Waals surface area contributed by atoms with E-state index in [1.807, 2.05) is 0 Å². The molecule has 1 aromatic rings. The van der Waals surface area contributed by atoms with Gasteiger partial charge in [0, 0.05) is 10.0 Å². The van der Waals surface area contributed by atoms with E-state index >= 15 is 0 Å². The van der Waals surface area contributed by atoms with E-state index < -0.39 is 11.8 Å². The van der Waals surface area contributed by atoms with Crippen molar-refractivity contribution in [2.24, 2.45) is 5.73 Å². The summed E-state index contributed by atoms with van der Waals surface area (Å²) in [6.07, 6.45) is -0.0444. The van der Waals surface area contributed by atoms with Crippen LogP contribution in [0.4, 0.5) is 0 Å². The number of nitrogens with two attached hydrogens (primary N) is 1. The molecule has 2 amide bonds. The van der Waals surface area contributed by atoms with Crippen LogP contribution in [0.25, 0.3) is 0 Å². The number of rotatable bonds is 5. The van der Waals surface area contributed by atoms with Gasteiger partial charge in [0.2, 0.25) is 11.8 Å². The second kappa shape index (κ2) is 6.44. The molecule has 5 nitrogen and oxygen atoms in total. The molecule has 1 rings (SSSR count). The molecule has 1 aromatic carbocycles. The first-order chi connectivity index (χ1) is 8.00. The highest BCUT2D eigenvalue weighted by molar-refractivity contribution is 6.36. The number of amides is 2. The van der Waals surface area contributed by atoms with Crippen molar-refractivity contribution in [1.82, 2.24) is 5.48 Å². The van der Waals surface area contributed by atoms with Gasteiger partial charge in [-0.3, -0.25) is 14.4 Å². The minimum absolute atomic E-state index is 0.0444. The van der Waals surface area contributed by atoms with Crippen LogP contribution < -0.4 is 11.2 Å². The maximum atomic E-state index is 11.4. The molecule has 7 heteroatoms. The topological polar surface area (TPSA) is 81.4 Å². The lowest BCUT2D eigenvalue weighted by Crippen LogP contribution is -2.30. The number of nitrogens with one attached hydrogen (secondary N) is 1. The average molecular weight is 277 g/mol. The first-order valence-electron chi connectivity index (χ1n) is 4.62. The summed E-state index contributed by atoms with van der Waals surface area (Å²) in [7, 11) is 0. The zero-order chi connectivity index (χ0) is 12.8. The van der Waals surface area contributed by atoms with Crippen molar-refractivity contribution in [2.45, 2.75) is 6.42 Å². The number of carbonyl (C=O) groups is 2. The summed E-state index contributed by atoms with van der Waals surface area (Å²) in [6, 6.07) is 4.93. The molecule has 0 aliphatic heterocycles. The molecule has 0 saturated heterocycles. The second-order valence-electron chi connectivity index (χ2n) is 3.16. The van der Waals surface area contributed by atoms with E-state index in [0.717, 1.165) is 0 Å². The second-order valence-corrected chi connectivity index (χ2v) is 3.97. The molecule has 0 aromatic heterocycles. The van der Waals surface area contributed by atoms with Crippen LogP contribution in [0.3, 0.4) is 0 Å². The number of carbonyl (C=O) groups excluding carboxylic acids is 2. The summed E-state index contributed by atoms with van der Waals surface area (Å²) in [4.78, 5) is 26.3. The number of hydrogen-bond donors (Lipinski definition) is 2. The minimum atomic E-state index is -0.680. The normalized spacial score (nSPS) is 10.0. The fourth-order valence-corrected chi connectivity index (χ4v) is 1.62. The highest BCUT2D eigenvalue weighted by Crippen LogP contribution is 2.24. The molecule has 0 atom stereocenters. The van der Waals surface area contributed by atoms with Gasteiger partial charge in [0.1, 0.15) is 0 Å². The first-order valence-corrected chi connectivity index (χ1v) is 5.38. The monoisotopic (exact) mass is 276 g/mol. The minimum Gasteiger partial charge on any atom is -0.368 e. The van der Waals surface area contributed by atoms with Gasteiger partial charge in [-0.1, -0.05) is 29.3 Å². The lowest BCUT2D eigenvalue weighted by molar-refractivity contribution is -0.137. The number of halogens is 2. The maximum Gasteiger partial charge on any atom is 0.248 e. The van der Waals surface area contributed by atoms with Gasteiger partial charge in [0.15, 0.2) is 6.61 Å². The highest BCUT2D eigenvalue weighted by atomic mass is 35.5. The third-order valence-corrected chi connectivity index (χ3v) is 2.51. The number of benzene rings is 1. The van der Waals surface area contributed by atoms with Crippen molar-refractivity contribution in [2.75, 3.05) is 6.61 Å². The Balaban J connectivity index is 2.53. The van der Waals surface area contributed by atoms with Gasteiger partial charge in [-0.05, 0) is 17.7 Å². The molecular formula is C10H10Cl2N2O3. The summed E-state index contributed by atoms with van der Waals surface area (Å²) >= 11 is 11.8. The molecule has 92 valence electrons. The van der Waals surface area contributed by atoms with E-state index in [2.05, 4.69) is 10.3 Å². The molecule has 0 radical (unpaired) electrons. The lowest BCUT2D eigenvalue weighted by atomic mass is 10.1. The summed E-state index contributed by atoms with van der Waals surface area (Å²) in [5.74, 6) is -1.15. The smallest absolute Gasteiger partial charge is 0.248 e. The summed E-state index contributed by atoms with van der Waals surface area (Å²) in [6.45, 7) is -0.387. The average Bonchev–Trinajstić information content (AvgIpc) is 2.23. The summed E-state index contributed by atoms with van der Waals surface area (Å²) in [5.41, 5.74) is 7.38. The zero-order valence-electron chi connectivity index (χ0n) is 8.70. The quantitative estimate of drug-likeness (QED) is 0.790. The molecule has 17 heavy (non-hydrogen) atoms. The molecule has 0 aliphatic carbocycles. The van der Waals surface area contributed by atoms with Crippen LogP contribution in [0.1, 0.15) is 5.56 Å². The fraction of sp³-hybridized carbons (Fsp3) is 0.200. The molecule has 0 bridgehead atoms. The Morgan fingerprint density at radius 1 is 1.29 bits per heavy atom. The number of hydroxylamine groups is 1. The van der Waals surface area contributed by atoms with E-state index in [4.69, 9.17) is 28.9 Å². The van der Waals surface area contributed by atoms with Gasteiger partial charge < -0.3 is 5.73 Å². The standard InChI is InChI=1S/C10H10Cl2N2O3/c11-7-2-1-3-8(12)6(7)4-10(16)14-17-5-9(13)15/h1-3H,4-5H2,(H2,13,15)(H,14,16). The van der Waals surface area contributed by atoms with Crippen molar-refractivity contribution >= 4 is 35.0 Å². The van der Waals surface area contributed by atoms with Crippen LogP contribution in [-0.2, 0) is 20.8 Å². The summed E-state index contributed by atoms with van der Waals surface area (Å²) in [5, 5.41) is 0.783. The van der Waals surface area contributed by atoms with Gasteiger partial charge >= 0.3 is 0 Å².